The van der Waals surface area contributed by atoms with Crippen molar-refractivity contribution in [2.45, 2.75) is 64.0 Å². The van der Waals surface area contributed by atoms with E-state index in [4.69, 9.17) is 0 Å². The molecule has 3 aliphatic rings. The molecule has 1 saturated carbocycles. The predicted molar refractivity (Wildman–Crippen MR) is 74.4 cm³/mol. The number of carbonyl (C=O) groups is 2. The summed E-state index contributed by atoms with van der Waals surface area (Å²) in [7, 11) is 0. The van der Waals surface area contributed by atoms with Gasteiger partial charge in [-0.15, -0.1) is 0 Å². The van der Waals surface area contributed by atoms with Crippen molar-refractivity contribution < 1.29 is 14.7 Å². The molecule has 2 saturated heterocycles. The Morgan fingerprint density at radius 1 is 1.30 bits per heavy atom. The summed E-state index contributed by atoms with van der Waals surface area (Å²) in [6, 6.07) is 0.000688. The number of hydrogen-bond donors (Lipinski definition) is 2. The average molecular weight is 280 g/mol. The highest BCUT2D eigenvalue weighted by Gasteiger charge is 2.51. The minimum absolute atomic E-state index is 0.0469. The van der Waals surface area contributed by atoms with Crippen molar-refractivity contribution in [1.29, 1.82) is 0 Å². The summed E-state index contributed by atoms with van der Waals surface area (Å²) in [5, 5.41) is 12.3. The number of hydrogen-bond acceptors (Lipinski definition) is 2. The smallest absolute Gasteiger partial charge is 0.317 e. The third-order valence-corrected chi connectivity index (χ3v) is 5.57. The topological polar surface area (TPSA) is 69.6 Å². The van der Waals surface area contributed by atoms with Crippen molar-refractivity contribution in [2.75, 3.05) is 6.54 Å². The number of carbonyl (C=O) groups excluding carboxylic acids is 1. The first-order valence-electron chi connectivity index (χ1n) is 7.79. The minimum Gasteiger partial charge on any atom is -0.481 e. The summed E-state index contributed by atoms with van der Waals surface area (Å²) in [6.07, 6.45) is 7.29. The Hall–Kier alpha value is -1.26. The van der Waals surface area contributed by atoms with E-state index >= 15 is 0 Å². The summed E-state index contributed by atoms with van der Waals surface area (Å²) in [5.41, 5.74) is 0.237. The van der Waals surface area contributed by atoms with Gasteiger partial charge in [0.05, 0.1) is 5.92 Å². The fraction of sp³-hybridized carbons (Fsp3) is 0.867. The molecule has 2 bridgehead atoms. The van der Waals surface area contributed by atoms with Gasteiger partial charge in [-0.1, -0.05) is 19.8 Å². The largest absolute Gasteiger partial charge is 0.481 e. The van der Waals surface area contributed by atoms with Crippen LogP contribution in [0.3, 0.4) is 0 Å². The average Bonchev–Trinajstić information content (AvgIpc) is 3.10. The molecule has 20 heavy (non-hydrogen) atoms. The predicted octanol–water partition coefficient (Wildman–Crippen LogP) is 2.21. The molecule has 0 radical (unpaired) electrons. The van der Waals surface area contributed by atoms with E-state index < -0.39 is 5.97 Å². The number of nitrogens with one attached hydrogen (secondary N) is 1. The molecule has 3 atom stereocenters. The molecule has 1 aliphatic carbocycles. The highest BCUT2D eigenvalue weighted by molar-refractivity contribution is 5.79. The number of amides is 2. The van der Waals surface area contributed by atoms with E-state index in [9.17, 15) is 14.7 Å². The van der Waals surface area contributed by atoms with Crippen LogP contribution in [0.1, 0.15) is 51.9 Å². The van der Waals surface area contributed by atoms with Crippen LogP contribution in [0.15, 0.2) is 0 Å². The summed E-state index contributed by atoms with van der Waals surface area (Å²) in [4.78, 5) is 25.4. The molecule has 2 aliphatic heterocycles. The lowest BCUT2D eigenvalue weighted by Gasteiger charge is -2.28. The van der Waals surface area contributed by atoms with Crippen LogP contribution < -0.4 is 5.32 Å². The fourth-order valence-electron chi connectivity index (χ4n) is 4.36. The zero-order valence-corrected chi connectivity index (χ0v) is 12.1. The Morgan fingerprint density at radius 2 is 2.00 bits per heavy atom. The molecule has 2 amide bonds. The van der Waals surface area contributed by atoms with Gasteiger partial charge in [-0.2, -0.15) is 0 Å². The second-order valence-electron chi connectivity index (χ2n) is 7.06. The molecule has 0 aromatic carbocycles. The van der Waals surface area contributed by atoms with Gasteiger partial charge in [-0.3, -0.25) is 4.79 Å². The summed E-state index contributed by atoms with van der Waals surface area (Å²) in [5.74, 6) is -1.11. The van der Waals surface area contributed by atoms with Gasteiger partial charge in [-0.05, 0) is 37.5 Å². The van der Waals surface area contributed by atoms with E-state index in [0.717, 1.165) is 19.4 Å². The van der Waals surface area contributed by atoms with Gasteiger partial charge >= 0.3 is 12.0 Å². The van der Waals surface area contributed by atoms with Gasteiger partial charge in [0.2, 0.25) is 0 Å². The van der Waals surface area contributed by atoms with Crippen LogP contribution in [-0.2, 0) is 4.79 Å². The maximum absolute atomic E-state index is 12.4. The number of nitrogens with zero attached hydrogens (tertiary/aromatic N) is 1. The van der Waals surface area contributed by atoms with Crippen molar-refractivity contribution in [1.82, 2.24) is 10.2 Å². The number of rotatable bonds is 3. The van der Waals surface area contributed by atoms with E-state index in [1.165, 1.54) is 25.7 Å². The highest BCUT2D eigenvalue weighted by Crippen LogP contribution is 2.42. The van der Waals surface area contributed by atoms with Crippen molar-refractivity contribution in [2.24, 2.45) is 11.3 Å². The quantitative estimate of drug-likeness (QED) is 0.832. The van der Waals surface area contributed by atoms with E-state index in [0.29, 0.717) is 6.42 Å². The van der Waals surface area contributed by atoms with E-state index in [1.807, 2.05) is 4.90 Å². The summed E-state index contributed by atoms with van der Waals surface area (Å²) < 4.78 is 0. The second-order valence-corrected chi connectivity index (χ2v) is 7.06. The van der Waals surface area contributed by atoms with E-state index in [-0.39, 0.29) is 29.4 Å². The number of aliphatic carboxylic acids is 1. The van der Waals surface area contributed by atoms with Crippen LogP contribution >= 0.6 is 0 Å². The van der Waals surface area contributed by atoms with Gasteiger partial charge in [-0.25, -0.2) is 4.79 Å². The van der Waals surface area contributed by atoms with Gasteiger partial charge in [0.15, 0.2) is 0 Å². The third kappa shape index (κ3) is 2.27. The normalized spacial score (nSPS) is 34.5. The first kappa shape index (κ1) is 13.7. The molecule has 3 fully saturated rings. The maximum atomic E-state index is 12.4. The third-order valence-electron chi connectivity index (χ3n) is 5.57. The molecule has 2 heterocycles. The maximum Gasteiger partial charge on any atom is 0.317 e. The lowest BCUT2D eigenvalue weighted by Crippen LogP contribution is -2.46. The number of fused-ring (bicyclic) bond motifs is 2. The lowest BCUT2D eigenvalue weighted by atomic mass is 9.89. The van der Waals surface area contributed by atoms with Crippen molar-refractivity contribution in [3.63, 3.8) is 0 Å². The molecule has 3 rings (SSSR count). The first-order chi connectivity index (χ1) is 9.50. The highest BCUT2D eigenvalue weighted by atomic mass is 16.4. The number of carboxylic acid groups (broad SMARTS) is 1. The Morgan fingerprint density at radius 3 is 2.60 bits per heavy atom. The molecule has 3 unspecified atom stereocenters. The molecular formula is C15H24N2O3. The van der Waals surface area contributed by atoms with Crippen LogP contribution in [0.25, 0.3) is 0 Å². The van der Waals surface area contributed by atoms with Crippen LogP contribution in [0.4, 0.5) is 4.79 Å². The van der Waals surface area contributed by atoms with Gasteiger partial charge in [0.1, 0.15) is 0 Å². The number of urea groups is 1. The minimum atomic E-state index is -0.752. The summed E-state index contributed by atoms with van der Waals surface area (Å²) >= 11 is 0. The Kier molecular flexibility index (Phi) is 3.38. The van der Waals surface area contributed by atoms with E-state index in [1.54, 1.807) is 0 Å². The zero-order valence-electron chi connectivity index (χ0n) is 12.1. The Balaban J connectivity index is 1.59. The fourth-order valence-corrected chi connectivity index (χ4v) is 4.36. The van der Waals surface area contributed by atoms with Crippen molar-refractivity contribution >= 4 is 12.0 Å². The second kappa shape index (κ2) is 4.93. The monoisotopic (exact) mass is 280 g/mol. The SMILES string of the molecule is CC1(CNC(=O)N2C3CCC2C(C(=O)O)C3)CCCC1. The first-order valence-corrected chi connectivity index (χ1v) is 7.79. The number of carboxylic acids is 1. The van der Waals surface area contributed by atoms with Crippen molar-refractivity contribution in [3.05, 3.63) is 0 Å². The van der Waals surface area contributed by atoms with Gasteiger partial charge in [0, 0.05) is 18.6 Å². The molecule has 112 valence electrons. The lowest BCUT2D eigenvalue weighted by molar-refractivity contribution is -0.142. The van der Waals surface area contributed by atoms with Crippen LogP contribution in [-0.4, -0.2) is 40.6 Å². The Bertz CT molecular complexity index is 417. The molecule has 5 nitrogen and oxygen atoms in total. The van der Waals surface area contributed by atoms with Crippen LogP contribution in [0, 0.1) is 11.3 Å². The molecule has 0 spiro atoms. The molecule has 0 aromatic heterocycles. The van der Waals surface area contributed by atoms with E-state index in [2.05, 4.69) is 12.2 Å². The molecule has 5 heteroatoms. The molecular weight excluding hydrogens is 256 g/mol. The molecule has 2 N–H and O–H groups in total. The van der Waals surface area contributed by atoms with Crippen molar-refractivity contribution in [3.8, 4) is 0 Å². The standard InChI is InChI=1S/C15H24N2O3/c1-15(6-2-3-7-15)9-16-14(20)17-10-4-5-12(17)11(8-10)13(18)19/h10-12H,2-9H2,1H3,(H,16,20)(H,18,19). The van der Waals surface area contributed by atoms with Crippen LogP contribution in [0.5, 0.6) is 0 Å². The zero-order chi connectivity index (χ0) is 14.3. The summed E-state index contributed by atoms with van der Waals surface area (Å²) in [6.45, 7) is 2.96. The Labute approximate surface area is 119 Å². The van der Waals surface area contributed by atoms with Gasteiger partial charge < -0.3 is 15.3 Å². The van der Waals surface area contributed by atoms with Gasteiger partial charge in [0.25, 0.3) is 0 Å². The molecule has 0 aromatic rings. The van der Waals surface area contributed by atoms with Crippen LogP contribution in [0.2, 0.25) is 0 Å².